The molecule has 6 rings (SSSR count). The highest BCUT2D eigenvalue weighted by molar-refractivity contribution is 7.90. The number of rotatable bonds is 8. The summed E-state index contributed by atoms with van der Waals surface area (Å²) in [6.07, 6.45) is 8.80. The van der Waals surface area contributed by atoms with Gasteiger partial charge in [-0.1, -0.05) is 0 Å². The van der Waals surface area contributed by atoms with Gasteiger partial charge in [0, 0.05) is 61.3 Å². The zero-order chi connectivity index (χ0) is 32.6. The van der Waals surface area contributed by atoms with Crippen LogP contribution in [0.1, 0.15) is 44.1 Å². The van der Waals surface area contributed by atoms with Gasteiger partial charge in [0.25, 0.3) is 0 Å². The second-order valence-electron chi connectivity index (χ2n) is 11.4. The summed E-state index contributed by atoms with van der Waals surface area (Å²) < 4.78 is 73.0. The normalized spacial score (nSPS) is 18.6. The van der Waals surface area contributed by atoms with E-state index in [1.165, 1.54) is 11.1 Å². The van der Waals surface area contributed by atoms with Crippen LogP contribution in [0.15, 0.2) is 54.3 Å². The van der Waals surface area contributed by atoms with E-state index in [1.54, 1.807) is 24.1 Å². The third kappa shape index (κ3) is 7.08. The zero-order valence-electron chi connectivity index (χ0n) is 24.8. The predicted molar refractivity (Wildman–Crippen MR) is 159 cm³/mol. The van der Waals surface area contributed by atoms with Crippen LogP contribution in [0.5, 0.6) is 0 Å². The molecule has 242 valence electrons. The second kappa shape index (κ2) is 12.3. The molecule has 0 unspecified atom stereocenters. The number of carbonyl (C=O) groups excluding carboxylic acids is 1. The highest BCUT2D eigenvalue weighted by Gasteiger charge is 2.37. The summed E-state index contributed by atoms with van der Waals surface area (Å²) in [5, 5.41) is 7.27. The number of pyridine rings is 1. The van der Waals surface area contributed by atoms with E-state index in [0.717, 1.165) is 43.1 Å². The van der Waals surface area contributed by atoms with Crippen LogP contribution < -0.4 is 10.2 Å². The lowest BCUT2D eigenvalue weighted by molar-refractivity contribution is -0.137. The molecule has 0 bridgehead atoms. The van der Waals surface area contributed by atoms with Gasteiger partial charge in [-0.05, 0) is 44.6 Å². The maximum absolute atomic E-state index is 13.9. The van der Waals surface area contributed by atoms with E-state index in [-0.39, 0.29) is 34.6 Å². The smallest absolute Gasteiger partial charge is 0.419 e. The van der Waals surface area contributed by atoms with Crippen LogP contribution in [0.4, 0.5) is 29.7 Å². The Kier molecular flexibility index (Phi) is 8.35. The summed E-state index contributed by atoms with van der Waals surface area (Å²) in [6, 6.07) is 0.648. The van der Waals surface area contributed by atoms with Gasteiger partial charge in [0.2, 0.25) is 5.95 Å². The van der Waals surface area contributed by atoms with E-state index in [2.05, 4.69) is 35.3 Å². The number of amides is 1. The minimum absolute atomic E-state index is 0.0435. The molecule has 13 nitrogen and oxygen atoms in total. The van der Waals surface area contributed by atoms with Crippen molar-refractivity contribution in [1.82, 2.24) is 34.7 Å². The molecule has 4 heterocycles. The molecule has 4 aromatic rings. The molecule has 1 amide bonds. The van der Waals surface area contributed by atoms with Crippen LogP contribution >= 0.6 is 0 Å². The molecule has 4 aromatic heterocycles. The van der Waals surface area contributed by atoms with Crippen molar-refractivity contribution in [3.8, 4) is 22.5 Å². The topological polar surface area (TPSA) is 158 Å². The molecule has 2 aliphatic carbocycles. The molecule has 2 saturated carbocycles. The number of nitrogens with zero attached hydrogens (tertiary/aromatic N) is 8. The van der Waals surface area contributed by atoms with Crippen molar-refractivity contribution in [2.24, 2.45) is 7.05 Å². The Morgan fingerprint density at radius 2 is 1.74 bits per heavy atom. The van der Waals surface area contributed by atoms with Crippen molar-refractivity contribution in [2.45, 2.75) is 67.8 Å². The number of hydrogen-bond donors (Lipinski definition) is 1. The van der Waals surface area contributed by atoms with Gasteiger partial charge in [-0.25, -0.2) is 28.2 Å². The number of aryl methyl sites for hydroxylation is 1. The lowest BCUT2D eigenvalue weighted by Gasteiger charge is -2.35. The molecule has 1 N–H and O–H groups in total. The summed E-state index contributed by atoms with van der Waals surface area (Å²) in [4.78, 5) is 35.4. The van der Waals surface area contributed by atoms with Crippen molar-refractivity contribution in [1.29, 1.82) is 0 Å². The first kappa shape index (κ1) is 31.3. The fraction of sp³-hybridized carbons (Fsp3) is 0.414. The summed E-state index contributed by atoms with van der Waals surface area (Å²) in [7, 11) is -1.92. The monoisotopic (exact) mass is 657 g/mol. The molecule has 17 heteroatoms. The number of sulfone groups is 1. The first-order chi connectivity index (χ1) is 21.8. The molecule has 0 saturated heterocycles. The van der Waals surface area contributed by atoms with Crippen molar-refractivity contribution in [3.05, 3.63) is 55.0 Å². The SMILES string of the molecule is Cn1cc(-c2cnc(N(C(=O)OC3CC3)C3CCC(Nc4ncc(C(F)(F)F)c(-c5cncc(S(C)(=O)=O)c5)n4)CC3)cn2)cn1. The Bertz CT molecular complexity index is 1840. The van der Waals surface area contributed by atoms with Gasteiger partial charge < -0.3 is 10.1 Å². The van der Waals surface area contributed by atoms with E-state index in [9.17, 15) is 26.4 Å². The van der Waals surface area contributed by atoms with E-state index in [0.29, 0.717) is 43.4 Å². The van der Waals surface area contributed by atoms with Crippen molar-refractivity contribution < 1.29 is 31.1 Å². The summed E-state index contributed by atoms with van der Waals surface area (Å²) in [5.74, 6) is 0.313. The zero-order valence-corrected chi connectivity index (χ0v) is 25.7. The minimum Gasteiger partial charge on any atom is -0.446 e. The molecule has 0 atom stereocenters. The Morgan fingerprint density at radius 3 is 2.35 bits per heavy atom. The summed E-state index contributed by atoms with van der Waals surface area (Å²) >= 11 is 0. The largest absolute Gasteiger partial charge is 0.446 e. The standard InChI is InChI=1S/C29H30F3N9O4S/c1-40-16-18(11-37-40)24-14-35-25(15-34-24)41(28(42)45-21-7-8-21)20-5-3-19(4-6-20)38-27-36-13-23(29(30,31)32)26(39-27)17-9-22(12-33-10-17)46(2,43)44/h9-16,19-21H,3-8H2,1-2H3,(H,36,38,39). The molecule has 0 spiro atoms. The molecule has 0 aromatic carbocycles. The quantitative estimate of drug-likeness (QED) is 0.281. The highest BCUT2D eigenvalue weighted by atomic mass is 32.2. The van der Waals surface area contributed by atoms with E-state index in [4.69, 9.17) is 4.74 Å². The average molecular weight is 658 g/mol. The van der Waals surface area contributed by atoms with Gasteiger partial charge in [0.15, 0.2) is 15.7 Å². The molecule has 0 radical (unpaired) electrons. The third-order valence-corrected chi connectivity index (χ3v) is 8.86. The molecule has 2 aliphatic rings. The Morgan fingerprint density at radius 1 is 0.978 bits per heavy atom. The van der Waals surface area contributed by atoms with Gasteiger partial charge in [0.05, 0.1) is 34.9 Å². The number of nitrogens with one attached hydrogen (secondary N) is 1. The number of halogens is 3. The third-order valence-electron chi connectivity index (χ3n) is 7.78. The van der Waals surface area contributed by atoms with Crippen LogP contribution in [0.3, 0.4) is 0 Å². The molecule has 2 fully saturated rings. The van der Waals surface area contributed by atoms with Gasteiger partial charge in [-0.2, -0.15) is 18.3 Å². The first-order valence-electron chi connectivity index (χ1n) is 14.5. The van der Waals surface area contributed by atoms with Crippen LogP contribution in [0.25, 0.3) is 22.5 Å². The lowest BCUT2D eigenvalue weighted by Crippen LogP contribution is -2.45. The second-order valence-corrected chi connectivity index (χ2v) is 13.4. The van der Waals surface area contributed by atoms with Gasteiger partial charge >= 0.3 is 12.3 Å². The van der Waals surface area contributed by atoms with Crippen molar-refractivity contribution in [3.63, 3.8) is 0 Å². The fourth-order valence-corrected chi connectivity index (χ4v) is 5.85. The van der Waals surface area contributed by atoms with E-state index < -0.39 is 33.4 Å². The van der Waals surface area contributed by atoms with Crippen LogP contribution in [0, 0.1) is 0 Å². The minimum atomic E-state index is -4.79. The molecule has 46 heavy (non-hydrogen) atoms. The number of ether oxygens (including phenoxy) is 1. The maximum Gasteiger partial charge on any atom is 0.419 e. The molecule has 0 aliphatic heterocycles. The van der Waals surface area contributed by atoms with E-state index in [1.807, 2.05) is 6.20 Å². The Hall–Kier alpha value is -4.67. The highest BCUT2D eigenvalue weighted by Crippen LogP contribution is 2.37. The number of anilines is 2. The molecular weight excluding hydrogens is 627 g/mol. The van der Waals surface area contributed by atoms with Crippen molar-refractivity contribution in [2.75, 3.05) is 16.5 Å². The van der Waals surface area contributed by atoms with E-state index >= 15 is 0 Å². The maximum atomic E-state index is 13.9. The Balaban J connectivity index is 1.19. The summed E-state index contributed by atoms with van der Waals surface area (Å²) in [6.45, 7) is 0. The fourth-order valence-electron chi connectivity index (χ4n) is 5.25. The van der Waals surface area contributed by atoms with Gasteiger partial charge in [-0.3, -0.25) is 19.5 Å². The van der Waals surface area contributed by atoms with Gasteiger partial charge in [-0.15, -0.1) is 0 Å². The number of hydrogen-bond acceptors (Lipinski definition) is 11. The number of carbonyl (C=O) groups is 1. The summed E-state index contributed by atoms with van der Waals surface area (Å²) in [5.41, 5.74) is -0.318. The lowest BCUT2D eigenvalue weighted by atomic mass is 9.90. The van der Waals surface area contributed by atoms with Crippen LogP contribution in [0.2, 0.25) is 0 Å². The van der Waals surface area contributed by atoms with Crippen LogP contribution in [-0.2, 0) is 27.8 Å². The number of alkyl halides is 3. The predicted octanol–water partition coefficient (Wildman–Crippen LogP) is 4.68. The van der Waals surface area contributed by atoms with Crippen LogP contribution in [-0.4, -0.2) is 73.7 Å². The first-order valence-corrected chi connectivity index (χ1v) is 16.4. The van der Waals surface area contributed by atoms with Crippen molar-refractivity contribution >= 4 is 27.7 Å². The number of aromatic nitrogens is 7. The Labute approximate surface area is 262 Å². The average Bonchev–Trinajstić information content (AvgIpc) is 3.73. The molecular formula is C29H30F3N9O4S. The van der Waals surface area contributed by atoms with Gasteiger partial charge in [0.1, 0.15) is 11.7 Å².